The SMILES string of the molecule is CC(O)C(N1CCCCC1)C1(c2ccc(Cl)c(Cl)c2)CCC1. The van der Waals surface area contributed by atoms with Crippen molar-refractivity contribution in [3.05, 3.63) is 33.8 Å². The molecule has 2 atom stereocenters. The lowest BCUT2D eigenvalue weighted by Gasteiger charge is -2.54. The number of rotatable bonds is 4. The third kappa shape index (κ3) is 2.91. The van der Waals surface area contributed by atoms with Gasteiger partial charge in [0.1, 0.15) is 0 Å². The van der Waals surface area contributed by atoms with Crippen molar-refractivity contribution in [2.75, 3.05) is 13.1 Å². The van der Waals surface area contributed by atoms with Crippen LogP contribution in [0.1, 0.15) is 51.0 Å². The third-order valence-electron chi connectivity index (χ3n) is 5.55. The van der Waals surface area contributed by atoms with Gasteiger partial charge in [-0.15, -0.1) is 0 Å². The highest BCUT2D eigenvalue weighted by atomic mass is 35.5. The molecule has 3 rings (SSSR count). The highest BCUT2D eigenvalue weighted by molar-refractivity contribution is 6.42. The van der Waals surface area contributed by atoms with E-state index in [0.29, 0.717) is 10.0 Å². The van der Waals surface area contributed by atoms with Gasteiger partial charge in [0.25, 0.3) is 0 Å². The summed E-state index contributed by atoms with van der Waals surface area (Å²) in [6.07, 6.45) is 6.91. The van der Waals surface area contributed by atoms with Crippen molar-refractivity contribution in [3.63, 3.8) is 0 Å². The van der Waals surface area contributed by atoms with Crippen molar-refractivity contribution in [1.29, 1.82) is 0 Å². The Kier molecular flexibility index (Phi) is 5.04. The number of piperidine rings is 1. The second-order valence-electron chi connectivity index (χ2n) is 6.92. The molecule has 1 aliphatic carbocycles. The maximum absolute atomic E-state index is 10.5. The molecule has 0 amide bonds. The van der Waals surface area contributed by atoms with Gasteiger partial charge in [0.05, 0.1) is 16.1 Å². The van der Waals surface area contributed by atoms with Crippen molar-refractivity contribution in [2.45, 2.75) is 63.0 Å². The first-order chi connectivity index (χ1) is 10.5. The van der Waals surface area contributed by atoms with Gasteiger partial charge in [0.15, 0.2) is 0 Å². The van der Waals surface area contributed by atoms with E-state index >= 15 is 0 Å². The first-order valence-corrected chi connectivity index (χ1v) is 9.18. The summed E-state index contributed by atoms with van der Waals surface area (Å²) in [5, 5.41) is 11.8. The summed E-state index contributed by atoms with van der Waals surface area (Å²) in [4.78, 5) is 2.51. The van der Waals surface area contributed by atoms with Crippen molar-refractivity contribution < 1.29 is 5.11 Å². The molecule has 2 unspecified atom stereocenters. The minimum atomic E-state index is -0.340. The molecule has 0 spiro atoms. The maximum atomic E-state index is 10.5. The number of nitrogens with zero attached hydrogens (tertiary/aromatic N) is 1. The molecule has 22 heavy (non-hydrogen) atoms. The smallest absolute Gasteiger partial charge is 0.0675 e. The molecule has 2 aliphatic rings. The number of aliphatic hydroxyl groups is 1. The van der Waals surface area contributed by atoms with Gasteiger partial charge < -0.3 is 5.11 Å². The van der Waals surface area contributed by atoms with Crippen molar-refractivity contribution in [2.24, 2.45) is 0 Å². The predicted molar refractivity (Wildman–Crippen MR) is 92.9 cm³/mol. The number of hydrogen-bond acceptors (Lipinski definition) is 2. The molecule has 1 saturated carbocycles. The molecule has 1 aliphatic heterocycles. The van der Waals surface area contributed by atoms with E-state index < -0.39 is 0 Å². The number of aliphatic hydroxyl groups excluding tert-OH is 1. The fourth-order valence-electron chi connectivity index (χ4n) is 4.43. The Morgan fingerprint density at radius 1 is 1.05 bits per heavy atom. The van der Waals surface area contributed by atoms with Gasteiger partial charge in [0, 0.05) is 11.5 Å². The highest BCUT2D eigenvalue weighted by Gasteiger charge is 2.49. The Bertz CT molecular complexity index is 522. The van der Waals surface area contributed by atoms with Gasteiger partial charge >= 0.3 is 0 Å². The van der Waals surface area contributed by atoms with Gasteiger partial charge in [-0.25, -0.2) is 0 Å². The zero-order valence-electron chi connectivity index (χ0n) is 13.2. The summed E-state index contributed by atoms with van der Waals surface area (Å²) >= 11 is 12.4. The van der Waals surface area contributed by atoms with E-state index in [-0.39, 0.29) is 17.6 Å². The van der Waals surface area contributed by atoms with Crippen LogP contribution in [0, 0.1) is 0 Å². The molecule has 0 bridgehead atoms. The quantitative estimate of drug-likeness (QED) is 0.861. The first-order valence-electron chi connectivity index (χ1n) is 8.42. The zero-order valence-corrected chi connectivity index (χ0v) is 14.7. The maximum Gasteiger partial charge on any atom is 0.0675 e. The van der Waals surface area contributed by atoms with E-state index in [4.69, 9.17) is 23.2 Å². The van der Waals surface area contributed by atoms with Gasteiger partial charge in [-0.3, -0.25) is 4.90 Å². The standard InChI is InChI=1S/C18H25Cl2NO/c1-13(22)17(21-10-3-2-4-11-21)18(8-5-9-18)14-6-7-15(19)16(20)12-14/h6-7,12-13,17,22H,2-5,8-11H2,1H3. The van der Waals surface area contributed by atoms with E-state index in [2.05, 4.69) is 11.0 Å². The lowest BCUT2D eigenvalue weighted by atomic mass is 9.58. The van der Waals surface area contributed by atoms with Gasteiger partial charge in [-0.2, -0.15) is 0 Å². The molecular formula is C18H25Cl2NO. The fourth-order valence-corrected chi connectivity index (χ4v) is 4.73. The van der Waals surface area contributed by atoms with Crippen LogP contribution in [0.3, 0.4) is 0 Å². The number of likely N-dealkylation sites (tertiary alicyclic amines) is 1. The van der Waals surface area contributed by atoms with Crippen LogP contribution in [0.2, 0.25) is 10.0 Å². The van der Waals surface area contributed by atoms with Crippen LogP contribution in [0.25, 0.3) is 0 Å². The second-order valence-corrected chi connectivity index (χ2v) is 7.74. The Labute approximate surface area is 143 Å². The van der Waals surface area contributed by atoms with Crippen LogP contribution in [-0.2, 0) is 5.41 Å². The molecule has 1 heterocycles. The van der Waals surface area contributed by atoms with E-state index in [1.165, 1.54) is 31.2 Å². The van der Waals surface area contributed by atoms with E-state index in [0.717, 1.165) is 25.9 Å². The minimum Gasteiger partial charge on any atom is -0.392 e. The van der Waals surface area contributed by atoms with Crippen LogP contribution in [0.4, 0.5) is 0 Å². The Morgan fingerprint density at radius 3 is 2.23 bits per heavy atom. The summed E-state index contributed by atoms with van der Waals surface area (Å²) < 4.78 is 0. The number of hydrogen-bond donors (Lipinski definition) is 1. The van der Waals surface area contributed by atoms with Gasteiger partial charge in [0.2, 0.25) is 0 Å². The molecule has 1 saturated heterocycles. The summed E-state index contributed by atoms with van der Waals surface area (Å²) in [6, 6.07) is 6.20. The summed E-state index contributed by atoms with van der Waals surface area (Å²) in [6.45, 7) is 4.13. The molecule has 4 heteroatoms. The molecule has 2 fully saturated rings. The fraction of sp³-hybridized carbons (Fsp3) is 0.667. The van der Waals surface area contributed by atoms with Crippen molar-refractivity contribution >= 4 is 23.2 Å². The second kappa shape index (κ2) is 6.68. The van der Waals surface area contributed by atoms with Crippen LogP contribution in [-0.4, -0.2) is 35.2 Å². The molecule has 122 valence electrons. The largest absolute Gasteiger partial charge is 0.392 e. The molecule has 1 aromatic rings. The van der Waals surface area contributed by atoms with Crippen LogP contribution in [0.15, 0.2) is 18.2 Å². The summed E-state index contributed by atoms with van der Waals surface area (Å²) in [7, 11) is 0. The monoisotopic (exact) mass is 341 g/mol. The summed E-state index contributed by atoms with van der Waals surface area (Å²) in [5.74, 6) is 0. The van der Waals surface area contributed by atoms with Gasteiger partial charge in [-0.1, -0.05) is 42.1 Å². The van der Waals surface area contributed by atoms with E-state index in [1.54, 1.807) is 0 Å². The van der Waals surface area contributed by atoms with Crippen LogP contribution < -0.4 is 0 Å². The van der Waals surface area contributed by atoms with E-state index in [9.17, 15) is 5.11 Å². The Morgan fingerprint density at radius 2 is 1.73 bits per heavy atom. The molecule has 2 nitrogen and oxygen atoms in total. The molecular weight excluding hydrogens is 317 g/mol. The minimum absolute atomic E-state index is 0.0275. The molecule has 0 aromatic heterocycles. The molecule has 0 radical (unpaired) electrons. The van der Waals surface area contributed by atoms with Crippen molar-refractivity contribution in [1.82, 2.24) is 4.90 Å². The normalized spacial score (nSPS) is 24.5. The molecule has 1 N–H and O–H groups in total. The average Bonchev–Trinajstić information content (AvgIpc) is 2.46. The van der Waals surface area contributed by atoms with Crippen LogP contribution >= 0.6 is 23.2 Å². The number of benzene rings is 1. The lowest BCUT2D eigenvalue weighted by Crippen LogP contribution is -2.60. The Balaban J connectivity index is 1.96. The topological polar surface area (TPSA) is 23.5 Å². The first kappa shape index (κ1) is 16.6. The summed E-state index contributed by atoms with van der Waals surface area (Å²) in [5.41, 5.74) is 1.27. The van der Waals surface area contributed by atoms with Crippen molar-refractivity contribution in [3.8, 4) is 0 Å². The zero-order chi connectivity index (χ0) is 15.7. The number of halogens is 2. The van der Waals surface area contributed by atoms with E-state index in [1.807, 2.05) is 19.1 Å². The molecule has 1 aromatic carbocycles. The predicted octanol–water partition coefficient (Wildman–Crippen LogP) is 4.65. The van der Waals surface area contributed by atoms with Crippen LogP contribution in [0.5, 0.6) is 0 Å². The highest BCUT2D eigenvalue weighted by Crippen LogP contribution is 2.50. The average molecular weight is 342 g/mol. The lowest BCUT2D eigenvalue weighted by molar-refractivity contribution is -0.0273. The Hall–Kier alpha value is -0.280. The van der Waals surface area contributed by atoms with Gasteiger partial charge in [-0.05, 0) is 63.4 Å². The third-order valence-corrected chi connectivity index (χ3v) is 6.29.